The molecule has 10 heteroatoms. The van der Waals surface area contributed by atoms with Crippen LogP contribution < -0.4 is 10.3 Å². The van der Waals surface area contributed by atoms with Gasteiger partial charge in [0.25, 0.3) is 11.5 Å². The van der Waals surface area contributed by atoms with E-state index in [0.29, 0.717) is 16.7 Å². The molecule has 0 radical (unpaired) electrons. The molecule has 8 nitrogen and oxygen atoms in total. The van der Waals surface area contributed by atoms with Gasteiger partial charge in [-0.2, -0.15) is 0 Å². The minimum absolute atomic E-state index is 0.000269. The Morgan fingerprint density at radius 2 is 1.76 bits per heavy atom. The number of nitrogens with zero attached hydrogens (tertiary/aromatic N) is 2. The number of H-pyrrole nitrogens is 1. The SMILES string of the molecule is CN(Cc1nc2ccccc2c(=O)[nH]1)C(=O)c1ccc(Cl)c(S(=O)(=O)NCc2ccccc2)c1. The molecule has 0 fully saturated rings. The number of hydrogen-bond donors (Lipinski definition) is 2. The molecule has 0 atom stereocenters. The number of nitrogens with one attached hydrogen (secondary N) is 2. The lowest BCUT2D eigenvalue weighted by Gasteiger charge is -2.18. The van der Waals surface area contributed by atoms with Crippen LogP contribution in [0.15, 0.2) is 82.5 Å². The summed E-state index contributed by atoms with van der Waals surface area (Å²) in [5.41, 5.74) is 1.14. The number of carbonyl (C=O) groups is 1. The standard InChI is InChI=1S/C24H21ClN4O4S/c1-29(15-22-27-20-10-6-5-9-18(20)23(30)28-22)24(31)17-11-12-19(25)21(13-17)34(32,33)26-14-16-7-3-2-4-8-16/h2-13,26H,14-15H2,1H3,(H,27,28,30). The van der Waals surface area contributed by atoms with Crippen LogP contribution in [0, 0.1) is 0 Å². The smallest absolute Gasteiger partial charge is 0.258 e. The van der Waals surface area contributed by atoms with Crippen LogP contribution in [-0.2, 0) is 23.1 Å². The molecule has 0 spiro atoms. The number of benzene rings is 3. The minimum atomic E-state index is -3.97. The van der Waals surface area contributed by atoms with Crippen LogP contribution >= 0.6 is 11.6 Å². The zero-order valence-electron chi connectivity index (χ0n) is 18.2. The summed E-state index contributed by atoms with van der Waals surface area (Å²) in [5, 5.41) is 0.455. The quantitative estimate of drug-likeness (QED) is 0.407. The van der Waals surface area contributed by atoms with Gasteiger partial charge in [-0.1, -0.05) is 54.1 Å². The van der Waals surface area contributed by atoms with Crippen molar-refractivity contribution in [1.29, 1.82) is 0 Å². The Balaban J connectivity index is 1.54. The highest BCUT2D eigenvalue weighted by molar-refractivity contribution is 7.89. The summed E-state index contributed by atoms with van der Waals surface area (Å²) in [7, 11) is -2.44. The molecule has 34 heavy (non-hydrogen) atoms. The van der Waals surface area contributed by atoms with E-state index in [0.717, 1.165) is 5.56 Å². The number of sulfonamides is 1. The Morgan fingerprint density at radius 1 is 1.06 bits per heavy atom. The predicted octanol–water partition coefficient (Wildman–Crippen LogP) is 3.33. The van der Waals surface area contributed by atoms with Crippen LogP contribution in [0.5, 0.6) is 0 Å². The van der Waals surface area contributed by atoms with Gasteiger partial charge in [0, 0.05) is 19.2 Å². The molecule has 174 valence electrons. The highest BCUT2D eigenvalue weighted by Crippen LogP contribution is 2.24. The number of hydrogen-bond acceptors (Lipinski definition) is 5. The summed E-state index contributed by atoms with van der Waals surface area (Å²) >= 11 is 6.16. The molecule has 4 rings (SSSR count). The molecule has 0 aliphatic carbocycles. The molecule has 2 N–H and O–H groups in total. The van der Waals surface area contributed by atoms with Gasteiger partial charge in [-0.25, -0.2) is 18.1 Å². The van der Waals surface area contributed by atoms with E-state index >= 15 is 0 Å². The highest BCUT2D eigenvalue weighted by atomic mass is 35.5. The number of fused-ring (bicyclic) bond motifs is 1. The molecule has 0 aliphatic rings. The summed E-state index contributed by atoms with van der Waals surface area (Å²) in [6.45, 7) is 0.106. The number of halogens is 1. The molecule has 4 aromatic rings. The highest BCUT2D eigenvalue weighted by Gasteiger charge is 2.22. The molecule has 0 saturated carbocycles. The van der Waals surface area contributed by atoms with Crippen molar-refractivity contribution in [3.63, 3.8) is 0 Å². The van der Waals surface area contributed by atoms with Gasteiger partial charge < -0.3 is 9.88 Å². The van der Waals surface area contributed by atoms with Crippen molar-refractivity contribution in [3.8, 4) is 0 Å². The first-order chi connectivity index (χ1) is 16.2. The van der Waals surface area contributed by atoms with Gasteiger partial charge in [0.05, 0.1) is 22.5 Å². The van der Waals surface area contributed by atoms with Crippen LogP contribution in [-0.4, -0.2) is 36.2 Å². The third-order valence-corrected chi connectivity index (χ3v) is 7.06. The van der Waals surface area contributed by atoms with Crippen LogP contribution in [0.4, 0.5) is 0 Å². The van der Waals surface area contributed by atoms with E-state index < -0.39 is 15.9 Å². The van der Waals surface area contributed by atoms with Crippen molar-refractivity contribution in [2.75, 3.05) is 7.05 Å². The topological polar surface area (TPSA) is 112 Å². The van der Waals surface area contributed by atoms with Crippen LogP contribution in [0.25, 0.3) is 10.9 Å². The molecule has 3 aromatic carbocycles. The van der Waals surface area contributed by atoms with Crippen LogP contribution in [0.2, 0.25) is 5.02 Å². The number of aromatic nitrogens is 2. The molecular formula is C24H21ClN4O4S. The van der Waals surface area contributed by atoms with Crippen molar-refractivity contribution in [2.45, 2.75) is 18.0 Å². The molecule has 1 aromatic heterocycles. The average Bonchev–Trinajstić information content (AvgIpc) is 2.83. The van der Waals surface area contributed by atoms with E-state index in [4.69, 9.17) is 11.6 Å². The molecule has 0 aliphatic heterocycles. The second-order valence-electron chi connectivity index (χ2n) is 7.65. The van der Waals surface area contributed by atoms with Gasteiger partial charge in [-0.15, -0.1) is 0 Å². The van der Waals surface area contributed by atoms with Gasteiger partial charge in [-0.05, 0) is 35.9 Å². The molecule has 1 heterocycles. The predicted molar refractivity (Wildman–Crippen MR) is 130 cm³/mol. The van der Waals surface area contributed by atoms with E-state index in [9.17, 15) is 18.0 Å². The maximum Gasteiger partial charge on any atom is 0.258 e. The first-order valence-electron chi connectivity index (χ1n) is 10.3. The van der Waals surface area contributed by atoms with Gasteiger partial charge in [0.1, 0.15) is 10.7 Å². The number of amides is 1. The third kappa shape index (κ3) is 5.17. The van der Waals surface area contributed by atoms with Crippen LogP contribution in [0.3, 0.4) is 0 Å². The maximum absolute atomic E-state index is 13.0. The lowest BCUT2D eigenvalue weighted by atomic mass is 10.2. The van der Waals surface area contributed by atoms with Crippen molar-refractivity contribution in [2.24, 2.45) is 0 Å². The van der Waals surface area contributed by atoms with E-state index in [1.807, 2.05) is 18.2 Å². The number of aromatic amines is 1. The third-order valence-electron chi connectivity index (χ3n) is 5.17. The van der Waals surface area contributed by atoms with E-state index in [2.05, 4.69) is 14.7 Å². The largest absolute Gasteiger partial charge is 0.334 e. The van der Waals surface area contributed by atoms with Crippen molar-refractivity contribution < 1.29 is 13.2 Å². The summed E-state index contributed by atoms with van der Waals surface area (Å²) in [6, 6.07) is 20.0. The van der Waals surface area contributed by atoms with Crippen LogP contribution in [0.1, 0.15) is 21.7 Å². The normalized spacial score (nSPS) is 11.5. The second-order valence-corrected chi connectivity index (χ2v) is 9.79. The lowest BCUT2D eigenvalue weighted by Crippen LogP contribution is -2.29. The zero-order chi connectivity index (χ0) is 24.3. The minimum Gasteiger partial charge on any atom is -0.334 e. The summed E-state index contributed by atoms with van der Waals surface area (Å²) in [5.74, 6) is -0.141. The van der Waals surface area contributed by atoms with Crippen molar-refractivity contribution in [1.82, 2.24) is 19.6 Å². The molecular weight excluding hydrogens is 476 g/mol. The Morgan fingerprint density at radius 3 is 2.53 bits per heavy atom. The number of carbonyl (C=O) groups excluding carboxylic acids is 1. The van der Waals surface area contributed by atoms with Gasteiger partial charge in [0.15, 0.2) is 0 Å². The van der Waals surface area contributed by atoms with Crippen molar-refractivity contribution >= 4 is 38.4 Å². The Bertz CT molecular complexity index is 1520. The lowest BCUT2D eigenvalue weighted by molar-refractivity contribution is 0.0781. The average molecular weight is 497 g/mol. The summed E-state index contributed by atoms with van der Waals surface area (Å²) < 4.78 is 28.2. The van der Waals surface area contributed by atoms with E-state index in [1.54, 1.807) is 36.4 Å². The molecule has 0 saturated heterocycles. The Kier molecular flexibility index (Phi) is 6.78. The monoisotopic (exact) mass is 496 g/mol. The van der Waals surface area contributed by atoms with Gasteiger partial charge in [0.2, 0.25) is 10.0 Å². The van der Waals surface area contributed by atoms with E-state index in [-0.39, 0.29) is 34.1 Å². The van der Waals surface area contributed by atoms with Gasteiger partial charge in [-0.3, -0.25) is 9.59 Å². The van der Waals surface area contributed by atoms with Gasteiger partial charge >= 0.3 is 0 Å². The molecule has 1 amide bonds. The fraction of sp³-hybridized carbons (Fsp3) is 0.125. The fourth-order valence-electron chi connectivity index (χ4n) is 3.42. The first-order valence-corrected chi connectivity index (χ1v) is 12.2. The number of para-hydroxylation sites is 1. The molecule has 0 bridgehead atoms. The van der Waals surface area contributed by atoms with E-state index in [1.165, 1.54) is 30.1 Å². The second kappa shape index (κ2) is 9.76. The maximum atomic E-state index is 13.0. The fourth-order valence-corrected chi connectivity index (χ4v) is 4.96. The number of rotatable bonds is 7. The Labute approximate surface area is 201 Å². The van der Waals surface area contributed by atoms with Crippen molar-refractivity contribution in [3.05, 3.63) is 105 Å². The summed E-state index contributed by atoms with van der Waals surface area (Å²) in [4.78, 5) is 33.5. The zero-order valence-corrected chi connectivity index (χ0v) is 19.7. The molecule has 0 unspecified atom stereocenters. The Hall–Kier alpha value is -3.53. The summed E-state index contributed by atoms with van der Waals surface area (Å²) in [6.07, 6.45) is 0. The first kappa shape index (κ1) is 23.6.